The Morgan fingerprint density at radius 3 is 2.18 bits per heavy atom. The summed E-state index contributed by atoms with van der Waals surface area (Å²) in [6, 6.07) is 12.4. The second-order valence-electron chi connectivity index (χ2n) is 4.66. The molecule has 2 aromatic carbocycles. The molecule has 0 unspecified atom stereocenters. The summed E-state index contributed by atoms with van der Waals surface area (Å²) in [5, 5.41) is 0. The maximum absolute atomic E-state index is 13.0. The van der Waals surface area contributed by atoms with Gasteiger partial charge in [-0.2, -0.15) is 0 Å². The van der Waals surface area contributed by atoms with Crippen molar-refractivity contribution in [3.8, 4) is 0 Å². The molecule has 0 saturated heterocycles. The summed E-state index contributed by atoms with van der Waals surface area (Å²) in [4.78, 5) is 25.0. The molecular formula is C16H14BrFN2O2. The average molecular weight is 365 g/mol. The summed E-state index contributed by atoms with van der Waals surface area (Å²) < 4.78 is 13.9. The highest BCUT2D eigenvalue weighted by Crippen LogP contribution is 2.19. The molecule has 0 fully saturated rings. The first-order valence-electron chi connectivity index (χ1n) is 6.58. The number of rotatable bonds is 5. The van der Waals surface area contributed by atoms with Gasteiger partial charge in [0.2, 0.25) is 5.91 Å². The summed E-state index contributed by atoms with van der Waals surface area (Å²) in [5.41, 5.74) is 6.14. The molecule has 0 aromatic heterocycles. The molecule has 114 valence electrons. The van der Waals surface area contributed by atoms with Crippen molar-refractivity contribution < 1.29 is 14.0 Å². The number of carbonyl (C=O) groups is 2. The Morgan fingerprint density at radius 2 is 1.64 bits per heavy atom. The number of anilines is 1. The number of hydrogen-bond acceptors (Lipinski definition) is 2. The molecule has 22 heavy (non-hydrogen) atoms. The van der Waals surface area contributed by atoms with E-state index >= 15 is 0 Å². The monoisotopic (exact) mass is 364 g/mol. The van der Waals surface area contributed by atoms with Gasteiger partial charge >= 0.3 is 0 Å². The number of hydrogen-bond donors (Lipinski definition) is 1. The van der Waals surface area contributed by atoms with Gasteiger partial charge in [-0.25, -0.2) is 4.39 Å². The zero-order valence-corrected chi connectivity index (χ0v) is 13.2. The topological polar surface area (TPSA) is 63.4 Å². The minimum atomic E-state index is -0.504. The molecule has 0 radical (unpaired) electrons. The fourth-order valence-electron chi connectivity index (χ4n) is 1.94. The van der Waals surface area contributed by atoms with Crippen LogP contribution in [0, 0.1) is 5.82 Å². The lowest BCUT2D eigenvalue weighted by Crippen LogP contribution is -2.34. The van der Waals surface area contributed by atoms with Crippen LogP contribution >= 0.6 is 15.9 Å². The first kappa shape index (κ1) is 16.2. The van der Waals surface area contributed by atoms with Gasteiger partial charge in [-0.15, -0.1) is 0 Å². The summed E-state index contributed by atoms with van der Waals surface area (Å²) in [5.74, 6) is -1.18. The van der Waals surface area contributed by atoms with Crippen molar-refractivity contribution in [1.29, 1.82) is 0 Å². The number of halogens is 2. The predicted molar refractivity (Wildman–Crippen MR) is 86.0 cm³/mol. The molecule has 0 bridgehead atoms. The number of carbonyl (C=O) groups excluding carboxylic acids is 2. The first-order chi connectivity index (χ1) is 10.5. The van der Waals surface area contributed by atoms with E-state index in [1.54, 1.807) is 24.3 Å². The van der Waals surface area contributed by atoms with E-state index in [1.165, 1.54) is 29.2 Å². The fourth-order valence-corrected chi connectivity index (χ4v) is 2.20. The highest BCUT2D eigenvalue weighted by molar-refractivity contribution is 9.10. The van der Waals surface area contributed by atoms with E-state index in [0.29, 0.717) is 11.3 Å². The number of primary amides is 1. The van der Waals surface area contributed by atoms with Gasteiger partial charge in [0.05, 0.1) is 0 Å². The molecule has 0 atom stereocenters. The Labute approximate surface area is 135 Å². The van der Waals surface area contributed by atoms with Crippen LogP contribution in [-0.4, -0.2) is 18.4 Å². The third-order valence-electron chi connectivity index (χ3n) is 3.06. The van der Waals surface area contributed by atoms with E-state index in [0.717, 1.165) is 4.47 Å². The van der Waals surface area contributed by atoms with Gasteiger partial charge in [-0.1, -0.05) is 15.9 Å². The fraction of sp³-hybridized carbons (Fsp3) is 0.125. The number of amides is 2. The molecule has 4 nitrogen and oxygen atoms in total. The van der Waals surface area contributed by atoms with Crippen LogP contribution in [0.2, 0.25) is 0 Å². The zero-order chi connectivity index (χ0) is 16.1. The number of benzene rings is 2. The minimum Gasteiger partial charge on any atom is -0.370 e. The molecular weight excluding hydrogens is 351 g/mol. The molecule has 0 aliphatic carbocycles. The van der Waals surface area contributed by atoms with Crippen LogP contribution in [-0.2, 0) is 4.79 Å². The molecule has 6 heteroatoms. The Bertz CT molecular complexity index is 672. The van der Waals surface area contributed by atoms with Crippen LogP contribution in [0.3, 0.4) is 0 Å². The van der Waals surface area contributed by atoms with Gasteiger partial charge in [0, 0.05) is 28.7 Å². The molecule has 2 amide bonds. The lowest BCUT2D eigenvalue weighted by Gasteiger charge is -2.22. The van der Waals surface area contributed by atoms with E-state index < -0.39 is 11.7 Å². The molecule has 0 aliphatic rings. The van der Waals surface area contributed by atoms with Crippen LogP contribution in [0.15, 0.2) is 53.0 Å². The lowest BCUT2D eigenvalue weighted by molar-refractivity contribution is -0.117. The predicted octanol–water partition coefficient (Wildman–Crippen LogP) is 3.11. The summed E-state index contributed by atoms with van der Waals surface area (Å²) in [7, 11) is 0. The van der Waals surface area contributed by atoms with Crippen LogP contribution in [0.5, 0.6) is 0 Å². The quantitative estimate of drug-likeness (QED) is 0.885. The molecule has 2 N–H and O–H groups in total. The number of nitrogens with two attached hydrogens (primary N) is 1. The smallest absolute Gasteiger partial charge is 0.258 e. The van der Waals surface area contributed by atoms with E-state index in [9.17, 15) is 14.0 Å². The maximum atomic E-state index is 13.0. The standard InChI is InChI=1S/C16H14BrFN2O2/c17-12-3-1-11(2-4-12)16(22)20(10-9-15(19)21)14-7-5-13(18)6-8-14/h1-8H,9-10H2,(H2,19,21). The van der Waals surface area contributed by atoms with Crippen LogP contribution in [0.1, 0.15) is 16.8 Å². The van der Waals surface area contributed by atoms with Gasteiger partial charge in [-0.3, -0.25) is 9.59 Å². The van der Waals surface area contributed by atoms with Gasteiger partial charge in [0.1, 0.15) is 5.82 Å². The highest BCUT2D eigenvalue weighted by atomic mass is 79.9. The van der Waals surface area contributed by atoms with E-state index in [2.05, 4.69) is 15.9 Å². The lowest BCUT2D eigenvalue weighted by atomic mass is 10.1. The maximum Gasteiger partial charge on any atom is 0.258 e. The Hall–Kier alpha value is -2.21. The van der Waals surface area contributed by atoms with Crippen molar-refractivity contribution in [3.05, 3.63) is 64.4 Å². The second kappa shape index (κ2) is 7.17. The van der Waals surface area contributed by atoms with Gasteiger partial charge in [0.15, 0.2) is 0 Å². The second-order valence-corrected chi connectivity index (χ2v) is 5.57. The van der Waals surface area contributed by atoms with E-state index in [4.69, 9.17) is 5.73 Å². The third kappa shape index (κ3) is 4.14. The molecule has 0 aliphatic heterocycles. The van der Waals surface area contributed by atoms with Crippen molar-refractivity contribution >= 4 is 33.4 Å². The van der Waals surface area contributed by atoms with Crippen molar-refractivity contribution in [1.82, 2.24) is 0 Å². The van der Waals surface area contributed by atoms with Crippen LogP contribution in [0.4, 0.5) is 10.1 Å². The van der Waals surface area contributed by atoms with Crippen LogP contribution < -0.4 is 10.6 Å². The molecule has 2 rings (SSSR count). The highest BCUT2D eigenvalue weighted by Gasteiger charge is 2.18. The van der Waals surface area contributed by atoms with Gasteiger partial charge < -0.3 is 10.6 Å². The average Bonchev–Trinajstić information content (AvgIpc) is 2.49. The zero-order valence-electron chi connectivity index (χ0n) is 11.6. The normalized spacial score (nSPS) is 10.3. The third-order valence-corrected chi connectivity index (χ3v) is 3.59. The van der Waals surface area contributed by atoms with E-state index in [1.807, 2.05) is 0 Å². The molecule has 2 aromatic rings. The Kier molecular flexibility index (Phi) is 5.27. The molecule has 0 heterocycles. The van der Waals surface area contributed by atoms with Crippen molar-refractivity contribution in [2.75, 3.05) is 11.4 Å². The van der Waals surface area contributed by atoms with Gasteiger partial charge in [0.25, 0.3) is 5.91 Å². The Balaban J connectivity index is 2.30. The summed E-state index contributed by atoms with van der Waals surface area (Å²) in [6.45, 7) is 0.135. The van der Waals surface area contributed by atoms with Crippen molar-refractivity contribution in [2.45, 2.75) is 6.42 Å². The van der Waals surface area contributed by atoms with E-state index in [-0.39, 0.29) is 18.9 Å². The molecule has 0 saturated carbocycles. The van der Waals surface area contributed by atoms with Crippen molar-refractivity contribution in [3.63, 3.8) is 0 Å². The minimum absolute atomic E-state index is 0.0274. The summed E-state index contributed by atoms with van der Waals surface area (Å²) >= 11 is 3.31. The first-order valence-corrected chi connectivity index (χ1v) is 7.38. The largest absolute Gasteiger partial charge is 0.370 e. The van der Waals surface area contributed by atoms with Gasteiger partial charge in [-0.05, 0) is 48.5 Å². The van der Waals surface area contributed by atoms with Crippen LogP contribution in [0.25, 0.3) is 0 Å². The summed E-state index contributed by atoms with van der Waals surface area (Å²) in [6.07, 6.45) is 0.0274. The SMILES string of the molecule is NC(=O)CCN(C(=O)c1ccc(Br)cc1)c1ccc(F)cc1. The Morgan fingerprint density at radius 1 is 1.05 bits per heavy atom. The number of nitrogens with zero attached hydrogens (tertiary/aromatic N) is 1. The molecule has 0 spiro atoms. The van der Waals surface area contributed by atoms with Crippen molar-refractivity contribution in [2.24, 2.45) is 5.73 Å².